The smallest absolute Gasteiger partial charge is 0.450 e. The zero-order valence-electron chi connectivity index (χ0n) is 10.2. The Bertz CT molecular complexity index is 539. The number of rotatable bonds is 4. The third-order valence-electron chi connectivity index (χ3n) is 2.77. The molecule has 0 aromatic heterocycles. The number of carbonyl (C=O) groups is 1. The number of hydrogen-bond donors (Lipinski definition) is 2. The number of ether oxygens (including phenoxy) is 1. The van der Waals surface area contributed by atoms with Crippen molar-refractivity contribution in [2.75, 3.05) is 0 Å². The van der Waals surface area contributed by atoms with Gasteiger partial charge in [0.2, 0.25) is 5.79 Å². The second-order valence-electron chi connectivity index (χ2n) is 4.18. The van der Waals surface area contributed by atoms with Crippen LogP contribution in [-0.4, -0.2) is 16.4 Å². The number of aliphatic hydroxyl groups is 1. The zero-order chi connectivity index (χ0) is 13.7. The summed E-state index contributed by atoms with van der Waals surface area (Å²) >= 11 is 0. The van der Waals surface area contributed by atoms with E-state index >= 15 is 0 Å². The highest BCUT2D eigenvalue weighted by Crippen LogP contribution is 2.27. The van der Waals surface area contributed by atoms with E-state index in [2.05, 4.69) is 0 Å². The van der Waals surface area contributed by atoms with Gasteiger partial charge in [0.1, 0.15) is 0 Å². The molecule has 0 amide bonds. The number of benzene rings is 2. The van der Waals surface area contributed by atoms with Crippen molar-refractivity contribution >= 4 is 6.16 Å². The summed E-state index contributed by atoms with van der Waals surface area (Å²) in [6, 6.07) is 17.6. The van der Waals surface area contributed by atoms with E-state index in [1.165, 1.54) is 0 Å². The van der Waals surface area contributed by atoms with Crippen molar-refractivity contribution in [3.63, 3.8) is 0 Å². The zero-order valence-corrected chi connectivity index (χ0v) is 10.2. The fourth-order valence-corrected chi connectivity index (χ4v) is 1.91. The first-order valence-electron chi connectivity index (χ1n) is 5.84. The molecule has 4 nitrogen and oxygen atoms in total. The molecular formula is C15H14O4. The lowest BCUT2D eigenvalue weighted by Gasteiger charge is -2.27. The van der Waals surface area contributed by atoms with E-state index < -0.39 is 11.9 Å². The van der Waals surface area contributed by atoms with Gasteiger partial charge >= 0.3 is 6.16 Å². The maximum Gasteiger partial charge on any atom is 0.508 e. The molecule has 98 valence electrons. The number of carboxylic acid groups (broad SMARTS) is 1. The third kappa shape index (κ3) is 3.33. The van der Waals surface area contributed by atoms with Crippen molar-refractivity contribution in [3.8, 4) is 0 Å². The normalized spacial score (nSPS) is 13.5. The van der Waals surface area contributed by atoms with Crippen LogP contribution in [0.2, 0.25) is 0 Å². The van der Waals surface area contributed by atoms with E-state index in [9.17, 15) is 9.90 Å². The molecule has 4 heteroatoms. The van der Waals surface area contributed by atoms with Crippen LogP contribution in [0.1, 0.15) is 11.1 Å². The second kappa shape index (κ2) is 5.54. The van der Waals surface area contributed by atoms with Crippen LogP contribution in [-0.2, 0) is 16.9 Å². The Balaban J connectivity index is 2.32. The predicted molar refractivity (Wildman–Crippen MR) is 69.6 cm³/mol. The van der Waals surface area contributed by atoms with Gasteiger partial charge in [0.25, 0.3) is 0 Å². The van der Waals surface area contributed by atoms with Crippen LogP contribution in [0.15, 0.2) is 60.7 Å². The maximum atomic E-state index is 10.8. The quantitative estimate of drug-likeness (QED) is 0.653. The molecule has 0 spiro atoms. The molecule has 0 saturated carbocycles. The third-order valence-corrected chi connectivity index (χ3v) is 2.77. The molecule has 2 aromatic carbocycles. The number of hydrogen-bond acceptors (Lipinski definition) is 3. The van der Waals surface area contributed by atoms with Gasteiger partial charge in [-0.15, -0.1) is 0 Å². The highest BCUT2D eigenvalue weighted by atomic mass is 16.7. The highest BCUT2D eigenvalue weighted by Gasteiger charge is 2.34. The van der Waals surface area contributed by atoms with Crippen LogP contribution in [0, 0.1) is 0 Å². The first kappa shape index (κ1) is 13.1. The lowest BCUT2D eigenvalue weighted by Crippen LogP contribution is -2.34. The fraction of sp³-hybridized carbons (Fsp3) is 0.133. The van der Waals surface area contributed by atoms with E-state index in [1.807, 2.05) is 18.2 Å². The Kier molecular flexibility index (Phi) is 3.82. The molecule has 2 aromatic rings. The van der Waals surface area contributed by atoms with E-state index in [1.54, 1.807) is 42.5 Å². The minimum atomic E-state index is -1.88. The van der Waals surface area contributed by atoms with Crippen LogP contribution in [0.5, 0.6) is 0 Å². The van der Waals surface area contributed by atoms with Gasteiger partial charge in [0.15, 0.2) is 0 Å². The van der Waals surface area contributed by atoms with E-state index in [-0.39, 0.29) is 6.42 Å². The molecule has 1 atom stereocenters. The summed E-state index contributed by atoms with van der Waals surface area (Å²) in [6.07, 6.45) is -1.45. The summed E-state index contributed by atoms with van der Waals surface area (Å²) in [5.74, 6) is -1.88. The summed E-state index contributed by atoms with van der Waals surface area (Å²) in [6.45, 7) is 0. The minimum absolute atomic E-state index is 0.0597. The van der Waals surface area contributed by atoms with Crippen LogP contribution in [0.4, 0.5) is 4.79 Å². The van der Waals surface area contributed by atoms with Crippen molar-refractivity contribution in [2.45, 2.75) is 12.2 Å². The van der Waals surface area contributed by atoms with Crippen molar-refractivity contribution in [1.82, 2.24) is 0 Å². The first-order chi connectivity index (χ1) is 9.10. The molecule has 2 rings (SSSR count). The Morgan fingerprint density at radius 3 is 2.05 bits per heavy atom. The fourth-order valence-electron chi connectivity index (χ4n) is 1.91. The molecule has 0 aliphatic carbocycles. The largest absolute Gasteiger partial charge is 0.508 e. The van der Waals surface area contributed by atoms with Crippen molar-refractivity contribution in [1.29, 1.82) is 0 Å². The molecule has 2 N–H and O–H groups in total. The van der Waals surface area contributed by atoms with Gasteiger partial charge in [0.05, 0.1) is 0 Å². The van der Waals surface area contributed by atoms with Crippen LogP contribution in [0.25, 0.3) is 0 Å². The second-order valence-corrected chi connectivity index (χ2v) is 4.18. The Morgan fingerprint density at radius 2 is 1.53 bits per heavy atom. The lowest BCUT2D eigenvalue weighted by atomic mass is 9.98. The molecule has 0 heterocycles. The van der Waals surface area contributed by atoms with Gasteiger partial charge in [-0.25, -0.2) is 4.79 Å². The summed E-state index contributed by atoms with van der Waals surface area (Å²) in [7, 11) is 0. The van der Waals surface area contributed by atoms with Gasteiger partial charge < -0.3 is 14.9 Å². The van der Waals surface area contributed by atoms with Crippen molar-refractivity contribution < 1.29 is 19.7 Å². The molecule has 0 fully saturated rings. The van der Waals surface area contributed by atoms with Crippen LogP contribution >= 0.6 is 0 Å². The standard InChI is InChI=1S/C15H14O4/c16-14(17)19-15(18,13-9-5-2-6-10-13)11-12-7-3-1-4-8-12/h1-10,18H,11H2,(H,16,17). The minimum Gasteiger partial charge on any atom is -0.450 e. The van der Waals surface area contributed by atoms with Gasteiger partial charge in [0, 0.05) is 12.0 Å². The van der Waals surface area contributed by atoms with E-state index in [4.69, 9.17) is 9.84 Å². The summed E-state index contributed by atoms with van der Waals surface area (Å²) in [4.78, 5) is 10.8. The average molecular weight is 258 g/mol. The average Bonchev–Trinajstić information content (AvgIpc) is 2.40. The monoisotopic (exact) mass is 258 g/mol. The predicted octanol–water partition coefficient (Wildman–Crippen LogP) is 2.77. The maximum absolute atomic E-state index is 10.8. The summed E-state index contributed by atoms with van der Waals surface area (Å²) in [5, 5.41) is 19.3. The summed E-state index contributed by atoms with van der Waals surface area (Å²) in [5.41, 5.74) is 1.19. The topological polar surface area (TPSA) is 66.8 Å². The van der Waals surface area contributed by atoms with E-state index in [0.717, 1.165) is 5.56 Å². The van der Waals surface area contributed by atoms with Gasteiger partial charge in [-0.05, 0) is 5.56 Å². The van der Waals surface area contributed by atoms with Crippen LogP contribution < -0.4 is 0 Å². The van der Waals surface area contributed by atoms with E-state index in [0.29, 0.717) is 5.56 Å². The molecule has 0 bridgehead atoms. The molecular weight excluding hydrogens is 244 g/mol. The molecule has 0 saturated heterocycles. The molecule has 0 radical (unpaired) electrons. The van der Waals surface area contributed by atoms with Gasteiger partial charge in [-0.3, -0.25) is 0 Å². The molecule has 1 unspecified atom stereocenters. The molecule has 0 aliphatic rings. The van der Waals surface area contributed by atoms with Gasteiger partial charge in [-0.2, -0.15) is 0 Å². The molecule has 0 aliphatic heterocycles. The lowest BCUT2D eigenvalue weighted by molar-refractivity contribution is -0.180. The van der Waals surface area contributed by atoms with Gasteiger partial charge in [-0.1, -0.05) is 60.7 Å². The Morgan fingerprint density at radius 1 is 1.00 bits per heavy atom. The summed E-state index contributed by atoms with van der Waals surface area (Å²) < 4.78 is 4.70. The Labute approximate surface area is 110 Å². The van der Waals surface area contributed by atoms with Crippen molar-refractivity contribution in [2.24, 2.45) is 0 Å². The first-order valence-corrected chi connectivity index (χ1v) is 5.84. The molecule has 19 heavy (non-hydrogen) atoms. The van der Waals surface area contributed by atoms with Crippen molar-refractivity contribution in [3.05, 3.63) is 71.8 Å². The highest BCUT2D eigenvalue weighted by molar-refractivity contribution is 5.58. The Hall–Kier alpha value is -2.33. The van der Waals surface area contributed by atoms with Crippen LogP contribution in [0.3, 0.4) is 0 Å². The SMILES string of the molecule is O=C(O)OC(O)(Cc1ccccc1)c1ccccc1.